The van der Waals surface area contributed by atoms with Crippen molar-refractivity contribution in [2.45, 2.75) is 26.8 Å². The number of fused-ring (bicyclic) bond motifs is 2. The first kappa shape index (κ1) is 17.3. The highest BCUT2D eigenvalue weighted by Crippen LogP contribution is 2.30. The van der Waals surface area contributed by atoms with Crippen molar-refractivity contribution in [1.82, 2.24) is 9.55 Å². The summed E-state index contributed by atoms with van der Waals surface area (Å²) in [6, 6.07) is 13.6. The maximum atomic E-state index is 12.6. The van der Waals surface area contributed by atoms with E-state index in [0.29, 0.717) is 13.1 Å². The van der Waals surface area contributed by atoms with Crippen molar-refractivity contribution in [3.8, 4) is 0 Å². The van der Waals surface area contributed by atoms with Crippen LogP contribution < -0.4 is 10.2 Å². The van der Waals surface area contributed by atoms with Crippen LogP contribution in [0.15, 0.2) is 48.8 Å². The number of para-hydroxylation sites is 2. The Kier molecular flexibility index (Phi) is 4.39. The predicted molar refractivity (Wildman–Crippen MR) is 106 cm³/mol. The van der Waals surface area contributed by atoms with E-state index in [9.17, 15) is 9.59 Å². The second kappa shape index (κ2) is 6.87. The summed E-state index contributed by atoms with van der Waals surface area (Å²) in [7, 11) is 0. The Labute approximate surface area is 157 Å². The topological polar surface area (TPSA) is 67.2 Å². The summed E-state index contributed by atoms with van der Waals surface area (Å²) in [5.41, 5.74) is 4.76. The third kappa shape index (κ3) is 3.30. The van der Waals surface area contributed by atoms with Crippen LogP contribution in [0.1, 0.15) is 19.4 Å². The van der Waals surface area contributed by atoms with E-state index in [1.807, 2.05) is 54.0 Å². The molecule has 2 heterocycles. The predicted octanol–water partition coefficient (Wildman–Crippen LogP) is 3.22. The van der Waals surface area contributed by atoms with Gasteiger partial charge in [0.25, 0.3) is 0 Å². The van der Waals surface area contributed by atoms with Gasteiger partial charge in [-0.25, -0.2) is 4.98 Å². The average Bonchev–Trinajstić information content (AvgIpc) is 3.26. The molecule has 0 saturated heterocycles. The SMILES string of the molecule is CC(=O)N1CCc2cc(NC(=O)[C@@H](C)Cn3cnc4ccccc43)ccc21. The lowest BCUT2D eigenvalue weighted by Crippen LogP contribution is -2.25. The molecule has 6 heteroatoms. The van der Waals surface area contributed by atoms with Crippen LogP contribution in [0.4, 0.5) is 11.4 Å². The van der Waals surface area contributed by atoms with Gasteiger partial charge in [-0.15, -0.1) is 0 Å². The van der Waals surface area contributed by atoms with Gasteiger partial charge in [-0.2, -0.15) is 0 Å². The second-order valence-corrected chi connectivity index (χ2v) is 7.04. The summed E-state index contributed by atoms with van der Waals surface area (Å²) in [6.45, 7) is 4.75. The number of carbonyl (C=O) groups is 2. The molecule has 0 fully saturated rings. The summed E-state index contributed by atoms with van der Waals surface area (Å²) in [5.74, 6) is -0.189. The first-order chi connectivity index (χ1) is 13.0. The first-order valence-corrected chi connectivity index (χ1v) is 9.14. The Balaban J connectivity index is 1.45. The van der Waals surface area contributed by atoms with Gasteiger partial charge in [0.2, 0.25) is 11.8 Å². The van der Waals surface area contributed by atoms with E-state index in [4.69, 9.17) is 0 Å². The van der Waals surface area contributed by atoms with E-state index < -0.39 is 0 Å². The molecule has 0 aliphatic carbocycles. The molecule has 3 aromatic rings. The van der Waals surface area contributed by atoms with Gasteiger partial charge >= 0.3 is 0 Å². The summed E-state index contributed by atoms with van der Waals surface area (Å²) in [4.78, 5) is 30.4. The fourth-order valence-electron chi connectivity index (χ4n) is 3.61. The van der Waals surface area contributed by atoms with Crippen LogP contribution in [-0.4, -0.2) is 27.9 Å². The minimum Gasteiger partial charge on any atom is -0.330 e. The van der Waals surface area contributed by atoms with Gasteiger partial charge in [-0.1, -0.05) is 19.1 Å². The van der Waals surface area contributed by atoms with Gasteiger partial charge in [-0.3, -0.25) is 9.59 Å². The number of hydrogen-bond acceptors (Lipinski definition) is 3. The van der Waals surface area contributed by atoms with Crippen molar-refractivity contribution in [2.75, 3.05) is 16.8 Å². The Bertz CT molecular complexity index is 1020. The van der Waals surface area contributed by atoms with E-state index in [0.717, 1.165) is 34.4 Å². The lowest BCUT2D eigenvalue weighted by atomic mass is 10.1. The zero-order valence-electron chi connectivity index (χ0n) is 15.5. The average molecular weight is 362 g/mol. The molecule has 0 saturated carbocycles. The molecule has 0 unspecified atom stereocenters. The highest BCUT2D eigenvalue weighted by molar-refractivity contribution is 5.96. The van der Waals surface area contributed by atoms with Gasteiger partial charge < -0.3 is 14.8 Å². The largest absolute Gasteiger partial charge is 0.330 e. The smallest absolute Gasteiger partial charge is 0.229 e. The monoisotopic (exact) mass is 362 g/mol. The van der Waals surface area contributed by atoms with Gasteiger partial charge in [0.05, 0.1) is 23.3 Å². The van der Waals surface area contributed by atoms with Crippen LogP contribution in [0.2, 0.25) is 0 Å². The molecule has 27 heavy (non-hydrogen) atoms. The molecule has 2 aromatic carbocycles. The molecular formula is C21H22N4O2. The van der Waals surface area contributed by atoms with Crippen LogP contribution in [0.25, 0.3) is 11.0 Å². The lowest BCUT2D eigenvalue weighted by molar-refractivity contribution is -0.119. The molecule has 4 rings (SSSR count). The van der Waals surface area contributed by atoms with Gasteiger partial charge in [0, 0.05) is 31.4 Å². The number of aromatic nitrogens is 2. The maximum Gasteiger partial charge on any atom is 0.229 e. The van der Waals surface area contributed by atoms with E-state index in [-0.39, 0.29) is 17.7 Å². The third-order valence-electron chi connectivity index (χ3n) is 5.07. The number of carbonyl (C=O) groups excluding carboxylic acids is 2. The number of nitrogens with one attached hydrogen (secondary N) is 1. The summed E-state index contributed by atoms with van der Waals surface area (Å²) in [5, 5.41) is 3.00. The van der Waals surface area contributed by atoms with Crippen molar-refractivity contribution in [3.05, 3.63) is 54.4 Å². The van der Waals surface area contributed by atoms with E-state index >= 15 is 0 Å². The van der Waals surface area contributed by atoms with E-state index in [1.165, 1.54) is 0 Å². The molecule has 1 aliphatic heterocycles. The number of anilines is 2. The fraction of sp³-hybridized carbons (Fsp3) is 0.286. The number of imidazole rings is 1. The minimum absolute atomic E-state index is 0.0332. The third-order valence-corrected chi connectivity index (χ3v) is 5.07. The normalized spacial score (nSPS) is 14.2. The Hall–Kier alpha value is -3.15. The van der Waals surface area contributed by atoms with Crippen LogP contribution in [-0.2, 0) is 22.6 Å². The van der Waals surface area contributed by atoms with Gasteiger partial charge in [0.15, 0.2) is 0 Å². The van der Waals surface area contributed by atoms with Gasteiger partial charge in [0.1, 0.15) is 0 Å². The number of nitrogens with zero attached hydrogens (tertiary/aromatic N) is 3. The Morgan fingerprint density at radius 1 is 1.22 bits per heavy atom. The highest BCUT2D eigenvalue weighted by atomic mass is 16.2. The minimum atomic E-state index is -0.204. The fourth-order valence-corrected chi connectivity index (χ4v) is 3.61. The van der Waals surface area contributed by atoms with E-state index in [1.54, 1.807) is 18.2 Å². The molecular weight excluding hydrogens is 340 g/mol. The molecule has 1 N–H and O–H groups in total. The second-order valence-electron chi connectivity index (χ2n) is 7.04. The summed E-state index contributed by atoms with van der Waals surface area (Å²) < 4.78 is 2.01. The van der Waals surface area contributed by atoms with Crippen LogP contribution >= 0.6 is 0 Å². The molecule has 1 aromatic heterocycles. The number of benzene rings is 2. The molecule has 0 radical (unpaired) electrons. The quantitative estimate of drug-likeness (QED) is 0.775. The lowest BCUT2D eigenvalue weighted by Gasteiger charge is -2.16. The molecule has 1 atom stereocenters. The summed E-state index contributed by atoms with van der Waals surface area (Å²) in [6.07, 6.45) is 2.59. The molecule has 1 aliphatic rings. The summed E-state index contributed by atoms with van der Waals surface area (Å²) >= 11 is 0. The van der Waals surface area contributed by atoms with Crippen LogP contribution in [0, 0.1) is 5.92 Å². The Morgan fingerprint density at radius 3 is 2.85 bits per heavy atom. The van der Waals surface area contributed by atoms with Crippen LogP contribution in [0.5, 0.6) is 0 Å². The molecule has 138 valence electrons. The molecule has 0 bridgehead atoms. The highest BCUT2D eigenvalue weighted by Gasteiger charge is 2.23. The zero-order valence-corrected chi connectivity index (χ0v) is 15.5. The molecule has 6 nitrogen and oxygen atoms in total. The first-order valence-electron chi connectivity index (χ1n) is 9.14. The number of amides is 2. The van der Waals surface area contributed by atoms with Crippen LogP contribution in [0.3, 0.4) is 0 Å². The zero-order chi connectivity index (χ0) is 19.0. The Morgan fingerprint density at radius 2 is 2.04 bits per heavy atom. The standard InChI is InChI=1S/C21H22N4O2/c1-14(12-24-13-22-18-5-3-4-6-20(18)24)21(27)23-17-7-8-19-16(11-17)9-10-25(19)15(2)26/h3-8,11,13-14H,9-10,12H2,1-2H3,(H,23,27)/t14-/m0/s1. The van der Waals surface area contributed by atoms with Crippen molar-refractivity contribution >= 4 is 34.2 Å². The van der Waals surface area contributed by atoms with E-state index in [2.05, 4.69) is 10.3 Å². The van der Waals surface area contributed by atoms with Gasteiger partial charge in [-0.05, 0) is 42.3 Å². The number of rotatable bonds is 4. The maximum absolute atomic E-state index is 12.6. The van der Waals surface area contributed by atoms with Crippen molar-refractivity contribution in [2.24, 2.45) is 5.92 Å². The van der Waals surface area contributed by atoms with Crippen molar-refractivity contribution in [3.63, 3.8) is 0 Å². The molecule has 0 spiro atoms. The number of hydrogen-bond donors (Lipinski definition) is 1. The van der Waals surface area contributed by atoms with Crippen molar-refractivity contribution in [1.29, 1.82) is 0 Å². The molecule has 2 amide bonds. The van der Waals surface area contributed by atoms with Crippen molar-refractivity contribution < 1.29 is 9.59 Å².